The fourth-order valence-corrected chi connectivity index (χ4v) is 2.34. The Bertz CT molecular complexity index is 278. The van der Waals surface area contributed by atoms with Crippen LogP contribution in [0.25, 0.3) is 0 Å². The van der Waals surface area contributed by atoms with Crippen molar-refractivity contribution in [2.45, 2.75) is 26.3 Å². The van der Waals surface area contributed by atoms with E-state index in [9.17, 15) is 0 Å². The molecule has 12 heavy (non-hydrogen) atoms. The lowest BCUT2D eigenvalue weighted by atomic mass is 9.95. The molecule has 0 saturated heterocycles. The van der Waals surface area contributed by atoms with Gasteiger partial charge in [0.2, 0.25) is 0 Å². The molecule has 0 fully saturated rings. The highest BCUT2D eigenvalue weighted by Gasteiger charge is 2.23. The number of aryl methyl sites for hydroxylation is 2. The normalized spacial score (nSPS) is 16.1. The predicted molar refractivity (Wildman–Crippen MR) is 52.4 cm³/mol. The number of nitrogens with two attached hydrogens (primary N) is 1. The van der Waals surface area contributed by atoms with E-state index in [1.165, 1.54) is 9.75 Å². The summed E-state index contributed by atoms with van der Waals surface area (Å²) in [6, 6.07) is 2.05. The average molecular weight is 185 g/mol. The highest BCUT2D eigenvalue weighted by molar-refractivity contribution is 7.12. The van der Waals surface area contributed by atoms with Gasteiger partial charge in [-0.25, -0.2) is 0 Å². The van der Waals surface area contributed by atoms with Crippen LogP contribution in [0, 0.1) is 13.8 Å². The fraction of sp³-hybridized carbons (Fsp3) is 0.556. The van der Waals surface area contributed by atoms with Gasteiger partial charge in [-0.2, -0.15) is 0 Å². The van der Waals surface area contributed by atoms with Gasteiger partial charge < -0.3 is 10.8 Å². The summed E-state index contributed by atoms with van der Waals surface area (Å²) in [5, 5.41) is 9.06. The van der Waals surface area contributed by atoms with Crippen molar-refractivity contribution < 1.29 is 5.11 Å². The van der Waals surface area contributed by atoms with Gasteiger partial charge >= 0.3 is 0 Å². The van der Waals surface area contributed by atoms with Gasteiger partial charge in [-0.1, -0.05) is 0 Å². The Morgan fingerprint density at radius 2 is 2.17 bits per heavy atom. The van der Waals surface area contributed by atoms with E-state index in [1.54, 1.807) is 11.3 Å². The summed E-state index contributed by atoms with van der Waals surface area (Å²) in [4.78, 5) is 2.44. The maximum atomic E-state index is 9.06. The zero-order valence-corrected chi connectivity index (χ0v) is 8.53. The molecule has 3 N–H and O–H groups in total. The number of aliphatic hydroxyl groups is 1. The Labute approximate surface area is 77.0 Å². The van der Waals surface area contributed by atoms with Gasteiger partial charge in [-0.15, -0.1) is 11.3 Å². The first kappa shape index (κ1) is 9.71. The first-order valence-electron chi connectivity index (χ1n) is 3.94. The molecular weight excluding hydrogens is 170 g/mol. The van der Waals surface area contributed by atoms with Crippen molar-refractivity contribution in [3.8, 4) is 0 Å². The molecule has 1 atom stereocenters. The number of thiophene rings is 1. The third-order valence-electron chi connectivity index (χ3n) is 1.98. The van der Waals surface area contributed by atoms with Gasteiger partial charge in [-0.3, -0.25) is 0 Å². The van der Waals surface area contributed by atoms with E-state index in [2.05, 4.69) is 13.0 Å². The SMILES string of the molecule is Cc1cc(C(C)(N)CO)c(C)s1. The van der Waals surface area contributed by atoms with Crippen molar-refractivity contribution in [1.29, 1.82) is 0 Å². The van der Waals surface area contributed by atoms with Crippen LogP contribution in [0.4, 0.5) is 0 Å². The predicted octanol–water partition coefficient (Wildman–Crippen LogP) is 1.53. The molecule has 0 aliphatic rings. The van der Waals surface area contributed by atoms with E-state index in [4.69, 9.17) is 10.8 Å². The van der Waals surface area contributed by atoms with Crippen molar-refractivity contribution in [3.63, 3.8) is 0 Å². The Balaban J connectivity index is 3.09. The molecule has 1 aromatic rings. The summed E-state index contributed by atoms with van der Waals surface area (Å²) in [7, 11) is 0. The van der Waals surface area contributed by atoms with Crippen molar-refractivity contribution >= 4 is 11.3 Å². The van der Waals surface area contributed by atoms with Crippen LogP contribution in [-0.4, -0.2) is 11.7 Å². The highest BCUT2D eigenvalue weighted by atomic mass is 32.1. The van der Waals surface area contributed by atoms with Crippen LogP contribution in [0.5, 0.6) is 0 Å². The van der Waals surface area contributed by atoms with E-state index in [1.807, 2.05) is 13.8 Å². The van der Waals surface area contributed by atoms with Crippen molar-refractivity contribution in [1.82, 2.24) is 0 Å². The molecule has 1 rings (SSSR count). The minimum absolute atomic E-state index is 0.00991. The monoisotopic (exact) mass is 185 g/mol. The molecule has 0 aromatic carbocycles. The minimum Gasteiger partial charge on any atom is -0.394 e. The maximum Gasteiger partial charge on any atom is 0.0650 e. The average Bonchev–Trinajstić information content (AvgIpc) is 2.31. The van der Waals surface area contributed by atoms with Gasteiger partial charge in [0.05, 0.1) is 12.1 Å². The lowest BCUT2D eigenvalue weighted by molar-refractivity contribution is 0.210. The molecular formula is C9H15NOS. The number of aliphatic hydroxyl groups excluding tert-OH is 1. The van der Waals surface area contributed by atoms with E-state index in [0.29, 0.717) is 0 Å². The third kappa shape index (κ3) is 1.68. The molecule has 2 nitrogen and oxygen atoms in total. The first-order chi connectivity index (χ1) is 5.47. The standard InChI is InChI=1S/C9H15NOS/c1-6-4-8(7(2)12-6)9(3,10)5-11/h4,11H,5,10H2,1-3H3. The third-order valence-corrected chi connectivity index (χ3v) is 2.95. The molecule has 0 radical (unpaired) electrons. The minimum atomic E-state index is -0.588. The van der Waals surface area contributed by atoms with Crippen LogP contribution >= 0.6 is 11.3 Å². The van der Waals surface area contributed by atoms with E-state index in [0.717, 1.165) is 5.56 Å². The molecule has 0 saturated carbocycles. The number of hydrogen-bond acceptors (Lipinski definition) is 3. The van der Waals surface area contributed by atoms with Crippen LogP contribution in [0.2, 0.25) is 0 Å². The lowest BCUT2D eigenvalue weighted by Crippen LogP contribution is -2.37. The quantitative estimate of drug-likeness (QED) is 0.734. The molecule has 0 amide bonds. The fourth-order valence-electron chi connectivity index (χ4n) is 1.28. The smallest absolute Gasteiger partial charge is 0.0650 e. The van der Waals surface area contributed by atoms with Gasteiger partial charge in [0.1, 0.15) is 0 Å². The highest BCUT2D eigenvalue weighted by Crippen LogP contribution is 2.28. The second-order valence-electron chi connectivity index (χ2n) is 3.40. The summed E-state index contributed by atoms with van der Waals surface area (Å²) in [6.07, 6.45) is 0. The maximum absolute atomic E-state index is 9.06. The van der Waals surface area contributed by atoms with E-state index >= 15 is 0 Å². The molecule has 0 bridgehead atoms. The largest absolute Gasteiger partial charge is 0.394 e. The van der Waals surface area contributed by atoms with Crippen LogP contribution in [0.15, 0.2) is 6.07 Å². The summed E-state index contributed by atoms with van der Waals surface area (Å²) in [6.45, 7) is 5.92. The lowest BCUT2D eigenvalue weighted by Gasteiger charge is -2.21. The Morgan fingerprint density at radius 3 is 2.50 bits per heavy atom. The van der Waals surface area contributed by atoms with Crippen molar-refractivity contribution in [3.05, 3.63) is 21.4 Å². The van der Waals surface area contributed by atoms with Crippen LogP contribution in [-0.2, 0) is 5.54 Å². The molecule has 1 heterocycles. The van der Waals surface area contributed by atoms with Crippen molar-refractivity contribution in [2.75, 3.05) is 6.61 Å². The zero-order chi connectivity index (χ0) is 9.35. The van der Waals surface area contributed by atoms with Gasteiger partial charge in [0.15, 0.2) is 0 Å². The summed E-state index contributed by atoms with van der Waals surface area (Å²) < 4.78 is 0. The Hall–Kier alpha value is -0.380. The molecule has 0 spiro atoms. The van der Waals surface area contributed by atoms with Crippen LogP contribution in [0.3, 0.4) is 0 Å². The molecule has 3 heteroatoms. The topological polar surface area (TPSA) is 46.2 Å². The van der Waals surface area contributed by atoms with E-state index < -0.39 is 5.54 Å². The van der Waals surface area contributed by atoms with Gasteiger partial charge in [-0.05, 0) is 32.4 Å². The summed E-state index contributed by atoms with van der Waals surface area (Å²) in [5.74, 6) is 0. The van der Waals surface area contributed by atoms with Gasteiger partial charge in [0.25, 0.3) is 0 Å². The molecule has 0 aliphatic carbocycles. The Morgan fingerprint density at radius 1 is 1.58 bits per heavy atom. The second kappa shape index (κ2) is 3.17. The number of hydrogen-bond donors (Lipinski definition) is 2. The van der Waals surface area contributed by atoms with Gasteiger partial charge in [0, 0.05) is 9.75 Å². The first-order valence-corrected chi connectivity index (χ1v) is 4.76. The summed E-state index contributed by atoms with van der Waals surface area (Å²) in [5.41, 5.74) is 6.38. The molecule has 1 unspecified atom stereocenters. The molecule has 68 valence electrons. The van der Waals surface area contributed by atoms with E-state index in [-0.39, 0.29) is 6.61 Å². The summed E-state index contributed by atoms with van der Waals surface area (Å²) >= 11 is 1.72. The number of rotatable bonds is 2. The molecule has 0 aliphatic heterocycles. The Kier molecular flexibility index (Phi) is 2.56. The zero-order valence-electron chi connectivity index (χ0n) is 7.72. The molecule has 1 aromatic heterocycles. The second-order valence-corrected chi connectivity index (χ2v) is 4.86. The van der Waals surface area contributed by atoms with Crippen LogP contribution < -0.4 is 5.73 Å². The van der Waals surface area contributed by atoms with Crippen LogP contribution in [0.1, 0.15) is 22.2 Å². The van der Waals surface area contributed by atoms with Crippen molar-refractivity contribution in [2.24, 2.45) is 5.73 Å².